The number of amides is 3. The van der Waals surface area contributed by atoms with Gasteiger partial charge < -0.3 is 35.1 Å². The Morgan fingerprint density at radius 3 is 2.27 bits per heavy atom. The number of methoxy groups -OCH3 is 2. The highest BCUT2D eigenvalue weighted by atomic mass is 16.5. The van der Waals surface area contributed by atoms with Gasteiger partial charge in [-0.25, -0.2) is 0 Å². The number of aryl methyl sites for hydroxylation is 2. The number of fused-ring (bicyclic) bond motifs is 2. The van der Waals surface area contributed by atoms with Crippen molar-refractivity contribution in [1.82, 2.24) is 15.1 Å². The summed E-state index contributed by atoms with van der Waals surface area (Å²) in [4.78, 5) is 43.4. The highest BCUT2D eigenvalue weighted by molar-refractivity contribution is 6.03. The third-order valence-corrected chi connectivity index (χ3v) is 10.5. The second-order valence-corrected chi connectivity index (χ2v) is 14.5. The highest BCUT2D eigenvalue weighted by Gasteiger charge is 2.43. The molecule has 2 heterocycles. The van der Waals surface area contributed by atoms with E-state index < -0.39 is 5.91 Å². The minimum atomic E-state index is -0.408. The van der Waals surface area contributed by atoms with Gasteiger partial charge in [0.2, 0.25) is 11.8 Å². The molecule has 2 atom stereocenters. The van der Waals surface area contributed by atoms with E-state index in [1.165, 1.54) is 16.7 Å². The summed E-state index contributed by atoms with van der Waals surface area (Å²) in [7, 11) is 3.25. The zero-order valence-electron chi connectivity index (χ0n) is 31.1. The maximum atomic E-state index is 14.9. The maximum Gasteiger partial charge on any atom is 0.252 e. The highest BCUT2D eigenvalue weighted by Crippen LogP contribution is 2.38. The van der Waals surface area contributed by atoms with Crippen molar-refractivity contribution in [2.45, 2.75) is 90.4 Å². The Morgan fingerprint density at radius 1 is 0.904 bits per heavy atom. The van der Waals surface area contributed by atoms with E-state index in [0.717, 1.165) is 47.3 Å². The molecule has 3 aromatic carbocycles. The Morgan fingerprint density at radius 2 is 1.62 bits per heavy atom. The van der Waals surface area contributed by atoms with Gasteiger partial charge >= 0.3 is 0 Å². The predicted octanol–water partition coefficient (Wildman–Crippen LogP) is 5.42. The van der Waals surface area contributed by atoms with Gasteiger partial charge in [0, 0.05) is 62.6 Å². The van der Waals surface area contributed by atoms with E-state index in [2.05, 4.69) is 62.5 Å². The van der Waals surface area contributed by atoms with E-state index in [4.69, 9.17) is 19.9 Å². The number of rotatable bonds is 15. The molecular weight excluding hydrogens is 656 g/mol. The molecule has 0 radical (unpaired) electrons. The number of carbonyl (C=O) groups is 3. The Bertz CT molecular complexity index is 1810. The first-order chi connectivity index (χ1) is 25.0. The van der Waals surface area contributed by atoms with Crippen LogP contribution in [0.4, 0.5) is 0 Å². The van der Waals surface area contributed by atoms with E-state index in [1.807, 2.05) is 28.0 Å². The van der Waals surface area contributed by atoms with Crippen molar-refractivity contribution < 1.29 is 28.6 Å². The largest absolute Gasteiger partial charge is 0.497 e. The predicted molar refractivity (Wildman–Crippen MR) is 201 cm³/mol. The van der Waals surface area contributed by atoms with Gasteiger partial charge in [-0.3, -0.25) is 14.4 Å². The number of primary amides is 1. The maximum absolute atomic E-state index is 14.9. The van der Waals surface area contributed by atoms with Crippen LogP contribution in [0, 0.1) is 20.8 Å². The normalized spacial score (nSPS) is 18.2. The molecule has 2 bridgehead atoms. The lowest BCUT2D eigenvalue weighted by molar-refractivity contribution is -0.134. The van der Waals surface area contributed by atoms with Gasteiger partial charge in [-0.05, 0) is 104 Å². The first-order valence-corrected chi connectivity index (χ1v) is 18.4. The molecule has 3 aliphatic rings. The average Bonchev–Trinajstić information content (AvgIpc) is 3.97. The average molecular weight is 709 g/mol. The van der Waals surface area contributed by atoms with Crippen LogP contribution in [0.3, 0.4) is 0 Å². The lowest BCUT2D eigenvalue weighted by Gasteiger charge is -2.45. The van der Waals surface area contributed by atoms with E-state index in [0.29, 0.717) is 56.2 Å². The number of nitrogens with two attached hydrogens (primary N) is 1. The summed E-state index contributed by atoms with van der Waals surface area (Å²) in [6, 6.07) is 18.3. The zero-order valence-corrected chi connectivity index (χ0v) is 31.1. The summed E-state index contributed by atoms with van der Waals surface area (Å²) in [6.45, 7) is 8.20. The molecule has 6 rings (SSSR count). The molecule has 3 aromatic rings. The van der Waals surface area contributed by atoms with E-state index in [9.17, 15) is 14.4 Å². The molecule has 52 heavy (non-hydrogen) atoms. The number of benzene rings is 3. The molecule has 0 unspecified atom stereocenters. The van der Waals surface area contributed by atoms with E-state index in [1.54, 1.807) is 14.2 Å². The summed E-state index contributed by atoms with van der Waals surface area (Å²) in [5.41, 5.74) is 13.8. The second-order valence-electron chi connectivity index (χ2n) is 14.5. The van der Waals surface area contributed by atoms with Crippen molar-refractivity contribution in [3.63, 3.8) is 0 Å². The first kappa shape index (κ1) is 36.9. The summed E-state index contributed by atoms with van der Waals surface area (Å²) >= 11 is 0. The minimum absolute atomic E-state index is 0.00323. The van der Waals surface area contributed by atoms with Gasteiger partial charge in [-0.1, -0.05) is 30.3 Å². The molecule has 3 N–H and O–H groups in total. The lowest BCUT2D eigenvalue weighted by Crippen LogP contribution is -2.62. The molecule has 0 spiro atoms. The third kappa shape index (κ3) is 8.78. The SMILES string of the molecule is COc1cc(CN(C(=O)C2=C(c3ccc(CCOc4cc(C)cc(C)c4C)cc3)C[C@@H]3CN(C(=O)CCCC(N)=O)C[C@H]2N3)C2CC2)cc(OC)c1. The van der Waals surface area contributed by atoms with Crippen LogP contribution >= 0.6 is 0 Å². The van der Waals surface area contributed by atoms with Gasteiger partial charge in [0.1, 0.15) is 17.2 Å². The monoisotopic (exact) mass is 708 g/mol. The summed E-state index contributed by atoms with van der Waals surface area (Å²) in [5.74, 6) is 1.84. The van der Waals surface area contributed by atoms with Gasteiger partial charge in [-0.2, -0.15) is 0 Å². The number of hydrogen-bond acceptors (Lipinski definition) is 7. The van der Waals surface area contributed by atoms with Gasteiger partial charge in [0.15, 0.2) is 0 Å². The van der Waals surface area contributed by atoms with Crippen LogP contribution in [0.1, 0.15) is 71.9 Å². The molecule has 1 aliphatic carbocycles. The lowest BCUT2D eigenvalue weighted by atomic mass is 9.82. The van der Waals surface area contributed by atoms with E-state index in [-0.39, 0.29) is 42.8 Å². The third-order valence-electron chi connectivity index (χ3n) is 10.5. The standard InChI is InChI=1S/C42H52N4O6/c1-26-17-27(2)28(3)38(18-26)52-16-15-29-9-11-31(12-10-29)36-21-32-24-45(40(48)8-6-7-39(43)47)25-37(44-32)41(36)42(49)46(33-13-14-33)23-30-19-34(50-4)22-35(20-30)51-5/h9-12,17-20,22,32-33,37,44H,6-8,13-16,21,23-25H2,1-5H3,(H2,43,47)/t32-,37-/m1/s1. The van der Waals surface area contributed by atoms with E-state index >= 15 is 0 Å². The van der Waals surface area contributed by atoms with Crippen LogP contribution in [0.15, 0.2) is 60.2 Å². The Balaban J connectivity index is 1.27. The summed E-state index contributed by atoms with van der Waals surface area (Å²) < 4.78 is 17.3. The van der Waals surface area contributed by atoms with Crippen LogP contribution in [0.25, 0.3) is 5.57 Å². The topological polar surface area (TPSA) is 123 Å². The zero-order chi connectivity index (χ0) is 36.9. The molecule has 3 amide bonds. The Labute approximate surface area is 307 Å². The number of carbonyl (C=O) groups excluding carboxylic acids is 3. The smallest absolute Gasteiger partial charge is 0.252 e. The quantitative estimate of drug-likeness (QED) is 0.216. The van der Waals surface area contributed by atoms with Crippen LogP contribution in [0.5, 0.6) is 17.2 Å². The second kappa shape index (κ2) is 16.2. The fraction of sp³-hybridized carbons (Fsp3) is 0.452. The summed E-state index contributed by atoms with van der Waals surface area (Å²) in [5, 5.41) is 3.69. The molecule has 1 saturated carbocycles. The number of nitrogens with one attached hydrogen (secondary N) is 1. The summed E-state index contributed by atoms with van der Waals surface area (Å²) in [6.07, 6.45) is 4.11. The van der Waals surface area contributed by atoms with Crippen LogP contribution in [-0.2, 0) is 27.3 Å². The molecule has 2 fully saturated rings. The van der Waals surface area contributed by atoms with Gasteiger partial charge in [-0.15, -0.1) is 0 Å². The molecule has 1 saturated heterocycles. The van der Waals surface area contributed by atoms with Gasteiger partial charge in [0.05, 0.1) is 26.9 Å². The molecule has 10 nitrogen and oxygen atoms in total. The molecule has 0 aromatic heterocycles. The molecule has 2 aliphatic heterocycles. The first-order valence-electron chi connectivity index (χ1n) is 18.4. The van der Waals surface area contributed by atoms with Crippen LogP contribution in [-0.4, -0.2) is 79.6 Å². The van der Waals surface area contributed by atoms with Crippen molar-refractivity contribution in [1.29, 1.82) is 0 Å². The molecule has 276 valence electrons. The van der Waals surface area contributed by atoms with Crippen molar-refractivity contribution >= 4 is 23.3 Å². The number of ether oxygens (including phenoxy) is 3. The van der Waals surface area contributed by atoms with Gasteiger partial charge in [0.25, 0.3) is 5.91 Å². The van der Waals surface area contributed by atoms with Crippen LogP contribution in [0.2, 0.25) is 0 Å². The van der Waals surface area contributed by atoms with Crippen molar-refractivity contribution in [2.75, 3.05) is 33.9 Å². The minimum Gasteiger partial charge on any atom is -0.497 e. The van der Waals surface area contributed by atoms with Crippen LogP contribution < -0.4 is 25.3 Å². The Kier molecular flexibility index (Phi) is 11.5. The van der Waals surface area contributed by atoms with Crippen molar-refractivity contribution in [3.8, 4) is 17.2 Å². The fourth-order valence-corrected chi connectivity index (χ4v) is 7.51. The van der Waals surface area contributed by atoms with Crippen molar-refractivity contribution in [3.05, 3.63) is 93.6 Å². The van der Waals surface area contributed by atoms with Crippen molar-refractivity contribution in [2.24, 2.45) is 5.73 Å². The molecular formula is C42H52N4O6. The Hall–Kier alpha value is -4.83. The number of piperazine rings is 1. The molecule has 10 heteroatoms. The fourth-order valence-electron chi connectivity index (χ4n) is 7.51. The number of nitrogens with zero attached hydrogens (tertiary/aromatic N) is 2. The number of hydrogen-bond donors (Lipinski definition) is 2.